The van der Waals surface area contributed by atoms with E-state index in [1.807, 2.05) is 0 Å². The molecular formula is C13H20N4O2S2. The Balaban J connectivity index is 1.50. The van der Waals surface area contributed by atoms with Crippen molar-refractivity contribution >= 4 is 34.1 Å². The van der Waals surface area contributed by atoms with Crippen LogP contribution in [-0.4, -0.2) is 47.2 Å². The highest BCUT2D eigenvalue weighted by atomic mass is 32.2. The Kier molecular flexibility index (Phi) is 5.32. The zero-order valence-corrected chi connectivity index (χ0v) is 13.5. The molecule has 21 heavy (non-hydrogen) atoms. The summed E-state index contributed by atoms with van der Waals surface area (Å²) in [6.07, 6.45) is 5.59. The van der Waals surface area contributed by atoms with Gasteiger partial charge in [0.2, 0.25) is 11.0 Å². The number of rotatable bonds is 5. The first-order chi connectivity index (χ1) is 10.3. The number of hydrogen-bond acceptors (Lipinski definition) is 7. The summed E-state index contributed by atoms with van der Waals surface area (Å²) in [6, 6.07) is 0. The Morgan fingerprint density at radius 1 is 1.33 bits per heavy atom. The first-order valence-electron chi connectivity index (χ1n) is 7.44. The highest BCUT2D eigenvalue weighted by Gasteiger charge is 2.23. The van der Waals surface area contributed by atoms with Crippen LogP contribution in [0.4, 0.5) is 5.13 Å². The third-order valence-electron chi connectivity index (χ3n) is 3.64. The van der Waals surface area contributed by atoms with Crippen molar-refractivity contribution < 1.29 is 9.53 Å². The molecule has 2 N–H and O–H groups in total. The number of amides is 1. The molecule has 0 aliphatic carbocycles. The van der Waals surface area contributed by atoms with Gasteiger partial charge in [-0.05, 0) is 25.7 Å². The van der Waals surface area contributed by atoms with Gasteiger partial charge in [0.1, 0.15) is 0 Å². The van der Waals surface area contributed by atoms with Crippen LogP contribution in [0.15, 0.2) is 4.34 Å². The topological polar surface area (TPSA) is 76.1 Å². The van der Waals surface area contributed by atoms with E-state index in [1.54, 1.807) is 0 Å². The summed E-state index contributed by atoms with van der Waals surface area (Å²) in [6.45, 7) is 2.43. The van der Waals surface area contributed by atoms with Crippen LogP contribution in [0.3, 0.4) is 0 Å². The Labute approximate surface area is 132 Å². The van der Waals surface area contributed by atoms with Crippen molar-refractivity contribution in [1.29, 1.82) is 0 Å². The molecule has 0 aromatic carbocycles. The van der Waals surface area contributed by atoms with E-state index >= 15 is 0 Å². The number of carbonyl (C=O) groups excluding carboxylic acids is 1. The fraction of sp³-hybridized carbons (Fsp3) is 0.769. The third kappa shape index (κ3) is 4.31. The van der Waals surface area contributed by atoms with Crippen LogP contribution >= 0.6 is 23.1 Å². The second-order valence-corrected chi connectivity index (χ2v) is 7.71. The maximum atomic E-state index is 11.9. The van der Waals surface area contributed by atoms with Gasteiger partial charge in [-0.2, -0.15) is 0 Å². The zero-order valence-electron chi connectivity index (χ0n) is 11.8. The van der Waals surface area contributed by atoms with Gasteiger partial charge in [0.25, 0.3) is 0 Å². The van der Waals surface area contributed by atoms with Crippen molar-refractivity contribution in [2.75, 3.05) is 25.0 Å². The van der Waals surface area contributed by atoms with E-state index in [2.05, 4.69) is 20.8 Å². The molecular weight excluding hydrogens is 308 g/mol. The van der Waals surface area contributed by atoms with E-state index in [1.165, 1.54) is 23.1 Å². The molecule has 1 aromatic heterocycles. The number of thioether (sulfide) groups is 1. The van der Waals surface area contributed by atoms with Gasteiger partial charge in [0.15, 0.2) is 4.34 Å². The van der Waals surface area contributed by atoms with Crippen molar-refractivity contribution in [2.24, 2.45) is 0 Å². The molecule has 2 atom stereocenters. The maximum absolute atomic E-state index is 11.9. The molecule has 116 valence electrons. The molecule has 2 saturated heterocycles. The third-order valence-corrected chi connectivity index (χ3v) is 5.87. The summed E-state index contributed by atoms with van der Waals surface area (Å²) in [4.78, 5) is 11.9. The van der Waals surface area contributed by atoms with Gasteiger partial charge in [-0.1, -0.05) is 29.5 Å². The minimum atomic E-state index is -0.0357. The Bertz CT molecular complexity index is 476. The van der Waals surface area contributed by atoms with Gasteiger partial charge >= 0.3 is 0 Å². The summed E-state index contributed by atoms with van der Waals surface area (Å²) < 4.78 is 6.42. The van der Waals surface area contributed by atoms with Crippen LogP contribution in [0, 0.1) is 0 Å². The molecule has 0 spiro atoms. The normalized spacial score (nSPS) is 26.4. The monoisotopic (exact) mass is 328 g/mol. The molecule has 3 heterocycles. The van der Waals surface area contributed by atoms with Gasteiger partial charge in [0, 0.05) is 19.7 Å². The minimum absolute atomic E-state index is 0.0357. The van der Waals surface area contributed by atoms with Crippen LogP contribution in [0.1, 0.15) is 32.1 Å². The SMILES string of the molecule is O=C1NCCCCC1Sc1nnc(NCC2CCCO2)s1. The lowest BCUT2D eigenvalue weighted by atomic mass is 10.2. The predicted molar refractivity (Wildman–Crippen MR) is 83.9 cm³/mol. The lowest BCUT2D eigenvalue weighted by Gasteiger charge is -2.10. The highest BCUT2D eigenvalue weighted by Crippen LogP contribution is 2.32. The number of anilines is 1. The van der Waals surface area contributed by atoms with Crippen molar-refractivity contribution in [1.82, 2.24) is 15.5 Å². The Morgan fingerprint density at radius 3 is 3.14 bits per heavy atom. The van der Waals surface area contributed by atoms with E-state index in [4.69, 9.17) is 4.74 Å². The second-order valence-electron chi connectivity index (χ2n) is 5.28. The van der Waals surface area contributed by atoms with Crippen LogP contribution < -0.4 is 10.6 Å². The number of hydrogen-bond donors (Lipinski definition) is 2. The standard InChI is InChI=1S/C13H20N4O2S2/c18-11-10(5-1-2-6-14-11)20-13-17-16-12(21-13)15-8-9-4-3-7-19-9/h9-10H,1-8H2,(H,14,18)(H,15,16). The molecule has 0 radical (unpaired) electrons. The van der Waals surface area contributed by atoms with Crippen molar-refractivity contribution in [3.05, 3.63) is 0 Å². The lowest BCUT2D eigenvalue weighted by Crippen LogP contribution is -2.30. The van der Waals surface area contributed by atoms with Crippen LogP contribution in [0.2, 0.25) is 0 Å². The maximum Gasteiger partial charge on any atom is 0.233 e. The van der Waals surface area contributed by atoms with E-state index < -0.39 is 0 Å². The van der Waals surface area contributed by atoms with Crippen molar-refractivity contribution in [3.8, 4) is 0 Å². The molecule has 2 fully saturated rings. The minimum Gasteiger partial charge on any atom is -0.376 e. The second kappa shape index (κ2) is 7.42. The molecule has 6 nitrogen and oxygen atoms in total. The van der Waals surface area contributed by atoms with Gasteiger partial charge in [-0.3, -0.25) is 4.79 Å². The highest BCUT2D eigenvalue weighted by molar-refractivity contribution is 8.02. The molecule has 0 saturated carbocycles. The van der Waals surface area contributed by atoms with Crippen LogP contribution in [0.25, 0.3) is 0 Å². The van der Waals surface area contributed by atoms with E-state index in [0.29, 0.717) is 0 Å². The zero-order chi connectivity index (χ0) is 14.5. The van der Waals surface area contributed by atoms with Gasteiger partial charge in [-0.15, -0.1) is 10.2 Å². The lowest BCUT2D eigenvalue weighted by molar-refractivity contribution is -0.120. The number of nitrogens with one attached hydrogen (secondary N) is 2. The molecule has 1 amide bonds. The number of nitrogens with zero attached hydrogens (tertiary/aromatic N) is 2. The summed E-state index contributed by atoms with van der Waals surface area (Å²) in [7, 11) is 0. The quantitative estimate of drug-likeness (QED) is 0.860. The van der Waals surface area contributed by atoms with E-state index in [9.17, 15) is 4.79 Å². The molecule has 3 rings (SSSR count). The van der Waals surface area contributed by atoms with Gasteiger partial charge in [-0.25, -0.2) is 0 Å². The van der Waals surface area contributed by atoms with Crippen molar-refractivity contribution in [2.45, 2.75) is 47.8 Å². The van der Waals surface area contributed by atoms with Gasteiger partial charge in [0.05, 0.1) is 11.4 Å². The van der Waals surface area contributed by atoms with Crippen LogP contribution in [-0.2, 0) is 9.53 Å². The molecule has 1 aromatic rings. The molecule has 2 unspecified atom stereocenters. The number of ether oxygens (including phenoxy) is 1. The molecule has 0 bridgehead atoms. The average Bonchev–Trinajstić information content (AvgIpc) is 3.10. The van der Waals surface area contributed by atoms with Crippen molar-refractivity contribution in [3.63, 3.8) is 0 Å². The summed E-state index contributed by atoms with van der Waals surface area (Å²) in [5.74, 6) is 0.126. The molecule has 8 heteroatoms. The smallest absolute Gasteiger partial charge is 0.233 e. The Hall–Kier alpha value is -0.860. The van der Waals surface area contributed by atoms with E-state index in [0.717, 1.165) is 61.3 Å². The largest absolute Gasteiger partial charge is 0.376 e. The van der Waals surface area contributed by atoms with E-state index in [-0.39, 0.29) is 17.3 Å². The predicted octanol–water partition coefficient (Wildman–Crippen LogP) is 1.89. The summed E-state index contributed by atoms with van der Waals surface area (Å²) in [5, 5.41) is 15.3. The first-order valence-corrected chi connectivity index (χ1v) is 9.14. The number of carbonyl (C=O) groups is 1. The summed E-state index contributed by atoms with van der Waals surface area (Å²) >= 11 is 3.04. The number of aromatic nitrogens is 2. The van der Waals surface area contributed by atoms with Crippen LogP contribution in [0.5, 0.6) is 0 Å². The summed E-state index contributed by atoms with van der Waals surface area (Å²) in [5.41, 5.74) is 0. The molecule has 2 aliphatic heterocycles. The Morgan fingerprint density at radius 2 is 2.29 bits per heavy atom. The molecule has 2 aliphatic rings. The fourth-order valence-electron chi connectivity index (χ4n) is 2.48. The van der Waals surface area contributed by atoms with Gasteiger partial charge < -0.3 is 15.4 Å². The average molecular weight is 328 g/mol. The first kappa shape index (κ1) is 15.1. The fourth-order valence-corrected chi connectivity index (χ4v) is 4.55.